The lowest BCUT2D eigenvalue weighted by atomic mass is 10.0. The molecule has 29 heavy (non-hydrogen) atoms. The van der Waals surface area contributed by atoms with E-state index in [9.17, 15) is 18.0 Å². The summed E-state index contributed by atoms with van der Waals surface area (Å²) < 4.78 is 40.9. The predicted molar refractivity (Wildman–Crippen MR) is 108 cm³/mol. The number of hydrogen-bond acceptors (Lipinski definition) is 2. The highest BCUT2D eigenvalue weighted by molar-refractivity contribution is 6.00. The molecule has 0 aliphatic rings. The molecule has 0 fully saturated rings. The molecular weight excluding hydrogens is 377 g/mol. The van der Waals surface area contributed by atoms with Gasteiger partial charge in [0.15, 0.2) is 5.78 Å². The van der Waals surface area contributed by atoms with Crippen LogP contribution < -0.4 is 5.73 Å². The Hall–Kier alpha value is -2.86. The average Bonchev–Trinajstić information content (AvgIpc) is 3.03. The van der Waals surface area contributed by atoms with Crippen molar-refractivity contribution in [2.45, 2.75) is 32.5 Å². The van der Waals surface area contributed by atoms with E-state index in [0.717, 1.165) is 35.5 Å². The first-order valence-corrected chi connectivity index (χ1v) is 9.46. The van der Waals surface area contributed by atoms with Crippen LogP contribution in [0.2, 0.25) is 0 Å². The monoisotopic (exact) mass is 400 g/mol. The van der Waals surface area contributed by atoms with Crippen molar-refractivity contribution in [3.63, 3.8) is 0 Å². The molecule has 3 nitrogen and oxygen atoms in total. The van der Waals surface area contributed by atoms with Gasteiger partial charge in [-0.05, 0) is 43.1 Å². The standard InChI is InChI=1S/C23H23F3N2O/c1-16-20(22(29)14-17-7-5-10-19(13-17)23(24,25)26)15-21(28(16)12-6-11-27)18-8-3-2-4-9-18/h2-5,7-10,13,15H,6,11-12,14,27H2,1H3. The molecule has 0 radical (unpaired) electrons. The maximum absolute atomic E-state index is 13.0. The molecule has 0 saturated heterocycles. The summed E-state index contributed by atoms with van der Waals surface area (Å²) in [5, 5.41) is 0. The highest BCUT2D eigenvalue weighted by Crippen LogP contribution is 2.31. The van der Waals surface area contributed by atoms with Gasteiger partial charge in [0, 0.05) is 29.9 Å². The fraction of sp³-hybridized carbons (Fsp3) is 0.261. The summed E-state index contributed by atoms with van der Waals surface area (Å²) in [7, 11) is 0. The number of carbonyl (C=O) groups is 1. The second-order valence-electron chi connectivity index (χ2n) is 6.99. The van der Waals surface area contributed by atoms with Crippen LogP contribution in [-0.2, 0) is 19.1 Å². The first-order chi connectivity index (χ1) is 13.8. The van der Waals surface area contributed by atoms with Gasteiger partial charge in [0.05, 0.1) is 5.56 Å². The highest BCUT2D eigenvalue weighted by atomic mass is 19.4. The number of nitrogens with zero attached hydrogens (tertiary/aromatic N) is 1. The molecule has 2 N–H and O–H groups in total. The van der Waals surface area contributed by atoms with E-state index in [4.69, 9.17) is 5.73 Å². The minimum atomic E-state index is -4.43. The van der Waals surface area contributed by atoms with Crippen molar-refractivity contribution >= 4 is 5.78 Å². The van der Waals surface area contributed by atoms with Gasteiger partial charge in [-0.1, -0.05) is 48.5 Å². The summed E-state index contributed by atoms with van der Waals surface area (Å²) in [4.78, 5) is 12.9. The molecular formula is C23H23F3N2O. The maximum Gasteiger partial charge on any atom is 0.416 e. The van der Waals surface area contributed by atoms with Crippen LogP contribution in [0.3, 0.4) is 0 Å². The van der Waals surface area contributed by atoms with Crippen molar-refractivity contribution in [1.29, 1.82) is 0 Å². The summed E-state index contributed by atoms with van der Waals surface area (Å²) >= 11 is 0. The van der Waals surface area contributed by atoms with E-state index in [0.29, 0.717) is 24.2 Å². The Morgan fingerprint density at radius 3 is 2.41 bits per heavy atom. The van der Waals surface area contributed by atoms with Crippen molar-refractivity contribution < 1.29 is 18.0 Å². The molecule has 0 aliphatic carbocycles. The summed E-state index contributed by atoms with van der Waals surface area (Å²) in [5.41, 5.74) is 8.47. The SMILES string of the molecule is Cc1c(C(=O)Cc2cccc(C(F)(F)F)c2)cc(-c2ccccc2)n1CCCN. The molecule has 0 aliphatic heterocycles. The fourth-order valence-corrected chi connectivity index (χ4v) is 3.45. The number of halogens is 3. The summed E-state index contributed by atoms with van der Waals surface area (Å²) in [6, 6.07) is 16.5. The Morgan fingerprint density at radius 1 is 1.03 bits per heavy atom. The van der Waals surface area contributed by atoms with Gasteiger partial charge in [-0.2, -0.15) is 13.2 Å². The Morgan fingerprint density at radius 2 is 1.76 bits per heavy atom. The number of hydrogen-bond donors (Lipinski definition) is 1. The molecule has 1 aromatic heterocycles. The average molecular weight is 400 g/mol. The van der Waals surface area contributed by atoms with Crippen LogP contribution in [0.15, 0.2) is 60.7 Å². The zero-order chi connectivity index (χ0) is 21.0. The van der Waals surface area contributed by atoms with E-state index in [1.807, 2.05) is 43.3 Å². The summed E-state index contributed by atoms with van der Waals surface area (Å²) in [6.45, 7) is 3.06. The van der Waals surface area contributed by atoms with E-state index in [2.05, 4.69) is 4.57 Å². The minimum absolute atomic E-state index is 0.0834. The largest absolute Gasteiger partial charge is 0.416 e. The normalized spacial score (nSPS) is 11.6. The maximum atomic E-state index is 13.0. The lowest BCUT2D eigenvalue weighted by Crippen LogP contribution is -2.10. The van der Waals surface area contributed by atoms with Crippen molar-refractivity contribution in [2.24, 2.45) is 5.73 Å². The molecule has 0 saturated carbocycles. The third kappa shape index (κ3) is 4.77. The Kier molecular flexibility index (Phi) is 6.23. The van der Waals surface area contributed by atoms with Crippen LogP contribution in [0.5, 0.6) is 0 Å². The zero-order valence-corrected chi connectivity index (χ0v) is 16.2. The van der Waals surface area contributed by atoms with Gasteiger partial charge in [-0.3, -0.25) is 4.79 Å². The van der Waals surface area contributed by atoms with Gasteiger partial charge in [0.2, 0.25) is 0 Å². The van der Waals surface area contributed by atoms with Gasteiger partial charge in [-0.15, -0.1) is 0 Å². The topological polar surface area (TPSA) is 48.0 Å². The van der Waals surface area contributed by atoms with Crippen molar-refractivity contribution in [2.75, 3.05) is 6.54 Å². The third-order valence-electron chi connectivity index (χ3n) is 4.94. The number of Topliss-reactive ketones (excluding diaryl/α,β-unsaturated/α-hetero) is 1. The van der Waals surface area contributed by atoms with E-state index in [1.54, 1.807) is 6.07 Å². The molecule has 3 rings (SSSR count). The van der Waals surface area contributed by atoms with Crippen LogP contribution >= 0.6 is 0 Å². The molecule has 0 amide bonds. The number of ketones is 1. The van der Waals surface area contributed by atoms with Crippen molar-refractivity contribution in [3.8, 4) is 11.3 Å². The summed E-state index contributed by atoms with van der Waals surface area (Å²) in [5.74, 6) is -0.203. The smallest absolute Gasteiger partial charge is 0.344 e. The molecule has 0 atom stereocenters. The van der Waals surface area contributed by atoms with Crippen LogP contribution in [0.25, 0.3) is 11.3 Å². The Labute approximate surface area is 168 Å². The molecule has 0 spiro atoms. The zero-order valence-electron chi connectivity index (χ0n) is 16.2. The Bertz CT molecular complexity index is 991. The number of aromatic nitrogens is 1. The first-order valence-electron chi connectivity index (χ1n) is 9.46. The second kappa shape index (κ2) is 8.66. The van der Waals surface area contributed by atoms with Crippen LogP contribution in [-0.4, -0.2) is 16.9 Å². The second-order valence-corrected chi connectivity index (χ2v) is 6.99. The molecule has 0 bridgehead atoms. The number of carbonyl (C=O) groups excluding carboxylic acids is 1. The van der Waals surface area contributed by atoms with Crippen LogP contribution in [0.1, 0.15) is 33.6 Å². The molecule has 3 aromatic rings. The lowest BCUT2D eigenvalue weighted by Gasteiger charge is -2.11. The fourth-order valence-electron chi connectivity index (χ4n) is 3.45. The first kappa shape index (κ1) is 20.9. The molecule has 2 aromatic carbocycles. The van der Waals surface area contributed by atoms with E-state index < -0.39 is 11.7 Å². The number of nitrogens with two attached hydrogens (primary N) is 1. The van der Waals surface area contributed by atoms with Crippen molar-refractivity contribution in [3.05, 3.63) is 83.0 Å². The number of alkyl halides is 3. The Balaban J connectivity index is 1.94. The van der Waals surface area contributed by atoms with Gasteiger partial charge < -0.3 is 10.3 Å². The number of rotatable bonds is 7. The predicted octanol–water partition coefficient (Wildman–Crippen LogP) is 5.26. The third-order valence-corrected chi connectivity index (χ3v) is 4.94. The summed E-state index contributed by atoms with van der Waals surface area (Å²) in [6.07, 6.45) is -3.75. The molecule has 6 heteroatoms. The van der Waals surface area contributed by atoms with Crippen LogP contribution in [0.4, 0.5) is 13.2 Å². The van der Waals surface area contributed by atoms with E-state index in [1.165, 1.54) is 6.07 Å². The lowest BCUT2D eigenvalue weighted by molar-refractivity contribution is -0.137. The van der Waals surface area contributed by atoms with E-state index >= 15 is 0 Å². The highest BCUT2D eigenvalue weighted by Gasteiger charge is 2.30. The van der Waals surface area contributed by atoms with Gasteiger partial charge in [-0.25, -0.2) is 0 Å². The molecule has 152 valence electrons. The number of benzene rings is 2. The van der Waals surface area contributed by atoms with Crippen LogP contribution in [0, 0.1) is 6.92 Å². The molecule has 1 heterocycles. The minimum Gasteiger partial charge on any atom is -0.344 e. The van der Waals surface area contributed by atoms with Gasteiger partial charge in [0.25, 0.3) is 0 Å². The van der Waals surface area contributed by atoms with Gasteiger partial charge >= 0.3 is 6.18 Å². The van der Waals surface area contributed by atoms with Crippen molar-refractivity contribution in [1.82, 2.24) is 4.57 Å². The quantitative estimate of drug-likeness (QED) is 0.550. The molecule has 0 unspecified atom stereocenters. The van der Waals surface area contributed by atoms with E-state index in [-0.39, 0.29) is 12.2 Å². The van der Waals surface area contributed by atoms with Gasteiger partial charge in [0.1, 0.15) is 0 Å².